The lowest BCUT2D eigenvalue weighted by Gasteiger charge is -2.19. The summed E-state index contributed by atoms with van der Waals surface area (Å²) in [6.45, 7) is 3.05. The minimum absolute atomic E-state index is 0.461. The number of hydrogen-bond acceptors (Lipinski definition) is 5. The van der Waals surface area contributed by atoms with E-state index in [2.05, 4.69) is 15.3 Å². The number of pyridine rings is 2. The van der Waals surface area contributed by atoms with E-state index >= 15 is 0 Å². The van der Waals surface area contributed by atoms with Gasteiger partial charge in [0.1, 0.15) is 30.4 Å². The number of benzene rings is 1. The Morgan fingerprint density at radius 3 is 2.64 bits per heavy atom. The van der Waals surface area contributed by atoms with Crippen molar-refractivity contribution in [1.82, 2.24) is 14.4 Å². The van der Waals surface area contributed by atoms with Crippen molar-refractivity contribution in [2.24, 2.45) is 0 Å². The predicted octanol–water partition coefficient (Wildman–Crippen LogP) is 4.36. The van der Waals surface area contributed by atoms with E-state index in [1.54, 1.807) is 12.1 Å². The van der Waals surface area contributed by atoms with Crippen LogP contribution in [0.5, 0.6) is 11.5 Å². The summed E-state index contributed by atoms with van der Waals surface area (Å²) >= 11 is 0. The van der Waals surface area contributed by atoms with Crippen LogP contribution in [0.1, 0.15) is 5.69 Å². The largest absolute Gasteiger partial charge is 0.486 e. The van der Waals surface area contributed by atoms with Gasteiger partial charge in [-0.1, -0.05) is 12.1 Å². The van der Waals surface area contributed by atoms with Crippen molar-refractivity contribution in [2.75, 3.05) is 18.5 Å². The molecule has 4 heterocycles. The number of ether oxygens (including phenoxy) is 2. The number of aryl methyl sites for hydroxylation is 1. The van der Waals surface area contributed by atoms with Crippen LogP contribution in [0.15, 0.2) is 54.6 Å². The third kappa shape index (κ3) is 2.81. The van der Waals surface area contributed by atoms with Crippen molar-refractivity contribution in [3.8, 4) is 22.9 Å². The van der Waals surface area contributed by atoms with Gasteiger partial charge in [0.05, 0.1) is 5.69 Å². The summed E-state index contributed by atoms with van der Waals surface area (Å²) in [5.41, 5.74) is 3.59. The summed E-state index contributed by atoms with van der Waals surface area (Å²) in [4.78, 5) is 8.70. The average molecular weight is 376 g/mol. The van der Waals surface area contributed by atoms with Crippen molar-refractivity contribution in [3.05, 3.63) is 66.2 Å². The molecule has 5 rings (SSSR count). The van der Waals surface area contributed by atoms with Gasteiger partial charge in [0.15, 0.2) is 11.5 Å². The second-order valence-electron chi connectivity index (χ2n) is 6.50. The molecule has 28 heavy (non-hydrogen) atoms. The van der Waals surface area contributed by atoms with E-state index in [9.17, 15) is 4.39 Å². The fourth-order valence-corrected chi connectivity index (χ4v) is 3.35. The van der Waals surface area contributed by atoms with E-state index in [4.69, 9.17) is 9.47 Å². The van der Waals surface area contributed by atoms with Gasteiger partial charge in [-0.15, -0.1) is 0 Å². The fraction of sp³-hybridized carbons (Fsp3) is 0.143. The molecule has 1 aliphatic rings. The molecule has 7 heteroatoms. The van der Waals surface area contributed by atoms with Gasteiger partial charge < -0.3 is 14.8 Å². The lowest BCUT2D eigenvalue weighted by atomic mass is 10.2. The zero-order valence-corrected chi connectivity index (χ0v) is 15.1. The number of nitrogens with one attached hydrogen (secondary N) is 1. The summed E-state index contributed by atoms with van der Waals surface area (Å²) in [7, 11) is 0. The standard InChI is InChI=1S/C21H17FN4O2/c1-13-4-2-7-19-25-20(15-5-3-6-18(22)24-15)21(26(13)19)23-14-8-9-16-17(12-14)28-11-10-27-16/h2-9,12,23H,10-11H2,1H3. The number of rotatable bonds is 3. The van der Waals surface area contributed by atoms with Crippen molar-refractivity contribution >= 4 is 17.2 Å². The quantitative estimate of drug-likeness (QED) is 0.539. The maximum Gasteiger partial charge on any atom is 0.213 e. The van der Waals surface area contributed by atoms with Crippen molar-refractivity contribution in [1.29, 1.82) is 0 Å². The first kappa shape index (κ1) is 16.6. The van der Waals surface area contributed by atoms with Crippen LogP contribution in [-0.2, 0) is 0 Å². The molecule has 0 aliphatic carbocycles. The van der Waals surface area contributed by atoms with E-state index in [1.807, 2.05) is 47.7 Å². The van der Waals surface area contributed by atoms with Crippen LogP contribution in [0, 0.1) is 12.9 Å². The van der Waals surface area contributed by atoms with E-state index in [0.717, 1.165) is 22.8 Å². The fourth-order valence-electron chi connectivity index (χ4n) is 3.35. The molecule has 6 nitrogen and oxygen atoms in total. The van der Waals surface area contributed by atoms with Crippen LogP contribution in [-0.4, -0.2) is 27.6 Å². The van der Waals surface area contributed by atoms with Crippen molar-refractivity contribution in [2.45, 2.75) is 6.92 Å². The second kappa shape index (κ2) is 6.53. The van der Waals surface area contributed by atoms with Gasteiger partial charge in [-0.05, 0) is 43.3 Å². The zero-order valence-electron chi connectivity index (χ0n) is 15.1. The lowest BCUT2D eigenvalue weighted by molar-refractivity contribution is 0.171. The minimum Gasteiger partial charge on any atom is -0.486 e. The molecule has 0 saturated heterocycles. The van der Waals surface area contributed by atoms with Crippen LogP contribution in [0.25, 0.3) is 17.0 Å². The Hall–Kier alpha value is -3.61. The topological polar surface area (TPSA) is 60.7 Å². The lowest BCUT2D eigenvalue weighted by Crippen LogP contribution is -2.15. The molecule has 1 N–H and O–H groups in total. The number of aromatic nitrogens is 3. The van der Waals surface area contributed by atoms with Gasteiger partial charge in [0.2, 0.25) is 5.95 Å². The van der Waals surface area contributed by atoms with Gasteiger partial charge in [-0.3, -0.25) is 4.40 Å². The summed E-state index contributed by atoms with van der Waals surface area (Å²) in [5.74, 6) is 1.57. The Kier molecular flexibility index (Phi) is 3.86. The maximum atomic E-state index is 13.7. The maximum absolute atomic E-state index is 13.7. The normalized spacial score (nSPS) is 12.9. The highest BCUT2D eigenvalue weighted by molar-refractivity contribution is 5.78. The SMILES string of the molecule is Cc1cccc2nc(-c3cccc(F)n3)c(Nc3ccc4c(c3)OCCO4)n12. The van der Waals surface area contributed by atoms with Gasteiger partial charge in [0, 0.05) is 17.4 Å². The van der Waals surface area contributed by atoms with Crippen LogP contribution in [0.3, 0.4) is 0 Å². The number of imidazole rings is 1. The Bertz CT molecular complexity index is 1190. The van der Waals surface area contributed by atoms with E-state index < -0.39 is 5.95 Å². The van der Waals surface area contributed by atoms with E-state index in [-0.39, 0.29) is 0 Å². The number of halogens is 1. The molecule has 140 valence electrons. The smallest absolute Gasteiger partial charge is 0.213 e. The molecule has 1 aliphatic heterocycles. The third-order valence-electron chi connectivity index (χ3n) is 4.60. The molecular formula is C21H17FN4O2. The summed E-state index contributed by atoms with van der Waals surface area (Å²) in [6.07, 6.45) is 0. The molecule has 4 aromatic rings. The highest BCUT2D eigenvalue weighted by atomic mass is 19.1. The molecule has 1 aromatic carbocycles. The Morgan fingerprint density at radius 2 is 1.79 bits per heavy atom. The van der Waals surface area contributed by atoms with Crippen LogP contribution < -0.4 is 14.8 Å². The highest BCUT2D eigenvalue weighted by Gasteiger charge is 2.18. The van der Waals surface area contributed by atoms with Gasteiger partial charge in [0.25, 0.3) is 0 Å². The zero-order chi connectivity index (χ0) is 19.1. The number of hydrogen-bond donors (Lipinski definition) is 1. The molecule has 0 amide bonds. The molecule has 0 unspecified atom stereocenters. The first-order chi connectivity index (χ1) is 13.7. The van der Waals surface area contributed by atoms with Crippen molar-refractivity contribution in [3.63, 3.8) is 0 Å². The summed E-state index contributed by atoms with van der Waals surface area (Å²) < 4.78 is 27.0. The van der Waals surface area contributed by atoms with Crippen LogP contribution in [0.4, 0.5) is 15.9 Å². The molecule has 0 fully saturated rings. The van der Waals surface area contributed by atoms with Gasteiger partial charge in [-0.2, -0.15) is 4.39 Å². The minimum atomic E-state index is -0.545. The average Bonchev–Trinajstić information content (AvgIpc) is 3.08. The Balaban J connectivity index is 1.66. The first-order valence-corrected chi connectivity index (χ1v) is 8.97. The molecule has 0 radical (unpaired) electrons. The third-order valence-corrected chi connectivity index (χ3v) is 4.60. The van der Waals surface area contributed by atoms with Crippen molar-refractivity contribution < 1.29 is 13.9 Å². The highest BCUT2D eigenvalue weighted by Crippen LogP contribution is 2.36. The molecule has 0 saturated carbocycles. The summed E-state index contributed by atoms with van der Waals surface area (Å²) in [6, 6.07) is 16.2. The second-order valence-corrected chi connectivity index (χ2v) is 6.50. The molecule has 0 bridgehead atoms. The van der Waals surface area contributed by atoms with Crippen LogP contribution >= 0.6 is 0 Å². The number of fused-ring (bicyclic) bond motifs is 2. The first-order valence-electron chi connectivity index (χ1n) is 8.97. The molecule has 0 atom stereocenters. The van der Waals surface area contributed by atoms with Crippen LogP contribution in [0.2, 0.25) is 0 Å². The molecule has 0 spiro atoms. The van der Waals surface area contributed by atoms with E-state index in [0.29, 0.717) is 36.2 Å². The van der Waals surface area contributed by atoms with E-state index in [1.165, 1.54) is 6.07 Å². The predicted molar refractivity (Wildman–Crippen MR) is 104 cm³/mol. The molecule has 3 aromatic heterocycles. The Labute approximate surface area is 160 Å². The van der Waals surface area contributed by atoms with Gasteiger partial charge in [-0.25, -0.2) is 9.97 Å². The monoisotopic (exact) mass is 376 g/mol. The van der Waals surface area contributed by atoms with Gasteiger partial charge >= 0.3 is 0 Å². The number of anilines is 2. The Morgan fingerprint density at radius 1 is 0.964 bits per heavy atom. The molecular weight excluding hydrogens is 359 g/mol. The number of nitrogens with zero attached hydrogens (tertiary/aromatic N) is 3. The summed E-state index contributed by atoms with van der Waals surface area (Å²) in [5, 5.41) is 3.41.